The molecule has 0 bridgehead atoms. The number of benzene rings is 2. The van der Waals surface area contributed by atoms with Gasteiger partial charge in [-0.2, -0.15) is 0 Å². The Bertz CT molecular complexity index is 587. The average Bonchev–Trinajstić information content (AvgIpc) is 2.41. The Morgan fingerprint density at radius 3 is 2.42 bits per heavy atom. The Kier molecular flexibility index (Phi) is 4.50. The summed E-state index contributed by atoms with van der Waals surface area (Å²) in [5, 5.41) is 0. The highest BCUT2D eigenvalue weighted by atomic mass is 32.2. The maximum absolute atomic E-state index is 13.6. The van der Waals surface area contributed by atoms with Gasteiger partial charge in [0.05, 0.1) is 0 Å². The Balaban J connectivity index is 2.16. The van der Waals surface area contributed by atoms with Crippen LogP contribution in [0.1, 0.15) is 11.1 Å². The van der Waals surface area contributed by atoms with Gasteiger partial charge in [-0.1, -0.05) is 12.1 Å². The summed E-state index contributed by atoms with van der Waals surface area (Å²) in [5.41, 5.74) is 6.71. The normalized spacial score (nSPS) is 10.7. The molecule has 0 amide bonds. The maximum atomic E-state index is 13.6. The Morgan fingerprint density at radius 2 is 1.68 bits per heavy atom. The van der Waals surface area contributed by atoms with Crippen molar-refractivity contribution in [3.05, 3.63) is 65.0 Å². The minimum atomic E-state index is -0.514. The largest absolute Gasteiger partial charge is 0.326 e. The van der Waals surface area contributed by atoms with E-state index in [1.807, 2.05) is 0 Å². The Morgan fingerprint density at radius 1 is 0.947 bits per heavy atom. The monoisotopic (exact) mass is 283 g/mol. The van der Waals surface area contributed by atoms with Crippen molar-refractivity contribution in [3.63, 3.8) is 0 Å². The highest BCUT2D eigenvalue weighted by Gasteiger charge is 2.08. The summed E-state index contributed by atoms with van der Waals surface area (Å²) in [7, 11) is 0. The van der Waals surface area contributed by atoms with Crippen molar-refractivity contribution in [2.75, 3.05) is 0 Å². The van der Waals surface area contributed by atoms with E-state index in [9.17, 15) is 13.2 Å². The van der Waals surface area contributed by atoms with Gasteiger partial charge in [0.1, 0.15) is 17.5 Å². The van der Waals surface area contributed by atoms with Gasteiger partial charge in [-0.3, -0.25) is 0 Å². The minimum absolute atomic E-state index is 0.164. The van der Waals surface area contributed by atoms with Crippen molar-refractivity contribution >= 4 is 11.8 Å². The zero-order chi connectivity index (χ0) is 13.8. The third-order valence-corrected chi connectivity index (χ3v) is 3.70. The molecule has 5 heteroatoms. The van der Waals surface area contributed by atoms with E-state index in [2.05, 4.69) is 0 Å². The van der Waals surface area contributed by atoms with E-state index in [0.717, 1.165) is 35.5 Å². The van der Waals surface area contributed by atoms with Crippen LogP contribution in [0.25, 0.3) is 0 Å². The van der Waals surface area contributed by atoms with E-state index in [1.165, 1.54) is 6.07 Å². The van der Waals surface area contributed by atoms with Gasteiger partial charge in [0.15, 0.2) is 0 Å². The van der Waals surface area contributed by atoms with E-state index < -0.39 is 11.6 Å². The molecule has 0 atom stereocenters. The lowest BCUT2D eigenvalue weighted by Gasteiger charge is -2.06. The zero-order valence-corrected chi connectivity index (χ0v) is 10.8. The molecule has 0 unspecified atom stereocenters. The summed E-state index contributed by atoms with van der Waals surface area (Å²) in [4.78, 5) is 0.164. The molecule has 2 aromatic rings. The molecule has 19 heavy (non-hydrogen) atoms. The van der Waals surface area contributed by atoms with Gasteiger partial charge in [0, 0.05) is 17.2 Å². The van der Waals surface area contributed by atoms with Crippen LogP contribution in [0.15, 0.2) is 41.3 Å². The number of thioether (sulfide) groups is 1. The van der Waals surface area contributed by atoms with Crippen LogP contribution in [-0.4, -0.2) is 0 Å². The molecule has 0 radical (unpaired) electrons. The summed E-state index contributed by atoms with van der Waals surface area (Å²) in [6, 6.07) is 7.79. The SMILES string of the molecule is NCc1ccc(F)c(CSc2cc(F)ccc2F)c1. The first-order valence-corrected chi connectivity index (χ1v) is 6.64. The first kappa shape index (κ1) is 14.0. The van der Waals surface area contributed by atoms with Crippen LogP contribution in [0.3, 0.4) is 0 Å². The second-order valence-electron chi connectivity index (χ2n) is 3.99. The molecule has 1 nitrogen and oxygen atoms in total. The first-order chi connectivity index (χ1) is 9.10. The van der Waals surface area contributed by atoms with Crippen molar-refractivity contribution in [2.24, 2.45) is 5.73 Å². The van der Waals surface area contributed by atoms with Crippen molar-refractivity contribution in [2.45, 2.75) is 17.2 Å². The average molecular weight is 283 g/mol. The predicted octanol–water partition coefficient (Wildman–Crippen LogP) is 3.85. The van der Waals surface area contributed by atoms with Gasteiger partial charge in [0.2, 0.25) is 0 Å². The maximum Gasteiger partial charge on any atom is 0.136 e. The number of rotatable bonds is 4. The summed E-state index contributed by atoms with van der Waals surface area (Å²) in [6.07, 6.45) is 0. The van der Waals surface area contributed by atoms with Crippen LogP contribution in [0.4, 0.5) is 13.2 Å². The third kappa shape index (κ3) is 3.52. The molecule has 2 rings (SSSR count). The number of halogens is 3. The van der Waals surface area contributed by atoms with Crippen LogP contribution >= 0.6 is 11.8 Å². The lowest BCUT2D eigenvalue weighted by atomic mass is 10.1. The van der Waals surface area contributed by atoms with E-state index in [4.69, 9.17) is 5.73 Å². The lowest BCUT2D eigenvalue weighted by Crippen LogP contribution is -1.98. The smallest absolute Gasteiger partial charge is 0.136 e. The molecule has 2 aromatic carbocycles. The minimum Gasteiger partial charge on any atom is -0.326 e. The zero-order valence-electron chi connectivity index (χ0n) is 10.00. The summed E-state index contributed by atoms with van der Waals surface area (Å²) < 4.78 is 40.0. The number of hydrogen-bond acceptors (Lipinski definition) is 2. The number of hydrogen-bond donors (Lipinski definition) is 1. The van der Waals surface area contributed by atoms with Crippen LogP contribution < -0.4 is 5.73 Å². The fourth-order valence-electron chi connectivity index (χ4n) is 1.61. The summed E-state index contributed by atoms with van der Waals surface area (Å²) in [6.45, 7) is 0.312. The predicted molar refractivity (Wildman–Crippen MR) is 70.2 cm³/mol. The van der Waals surface area contributed by atoms with Gasteiger partial charge in [-0.05, 0) is 35.4 Å². The topological polar surface area (TPSA) is 26.0 Å². The van der Waals surface area contributed by atoms with Gasteiger partial charge in [0.25, 0.3) is 0 Å². The second-order valence-corrected chi connectivity index (χ2v) is 5.01. The van der Waals surface area contributed by atoms with E-state index >= 15 is 0 Å². The first-order valence-electron chi connectivity index (χ1n) is 5.65. The third-order valence-electron chi connectivity index (χ3n) is 2.62. The van der Waals surface area contributed by atoms with Crippen molar-refractivity contribution in [3.8, 4) is 0 Å². The standard InChI is InChI=1S/C14H12F3NS/c15-11-2-4-13(17)14(6-11)19-8-10-5-9(7-18)1-3-12(10)16/h1-6H,7-8,18H2. The summed E-state index contributed by atoms with van der Waals surface area (Å²) >= 11 is 1.05. The summed E-state index contributed by atoms with van der Waals surface area (Å²) in [5.74, 6) is -1.18. The molecule has 100 valence electrons. The van der Waals surface area contributed by atoms with Gasteiger partial charge in [-0.15, -0.1) is 11.8 Å². The van der Waals surface area contributed by atoms with Gasteiger partial charge < -0.3 is 5.73 Å². The van der Waals surface area contributed by atoms with Crippen molar-refractivity contribution in [1.29, 1.82) is 0 Å². The molecule has 0 spiro atoms. The molecule has 0 saturated carbocycles. The number of nitrogens with two attached hydrogens (primary N) is 1. The molecule has 0 aliphatic rings. The van der Waals surface area contributed by atoms with E-state index in [1.54, 1.807) is 12.1 Å². The molecule has 0 saturated heterocycles. The van der Waals surface area contributed by atoms with Crippen LogP contribution in [0.2, 0.25) is 0 Å². The molecular formula is C14H12F3NS. The highest BCUT2D eigenvalue weighted by Crippen LogP contribution is 2.27. The molecule has 0 aliphatic carbocycles. The highest BCUT2D eigenvalue weighted by molar-refractivity contribution is 7.98. The van der Waals surface area contributed by atoms with Crippen LogP contribution in [-0.2, 0) is 12.3 Å². The van der Waals surface area contributed by atoms with Gasteiger partial charge >= 0.3 is 0 Å². The van der Waals surface area contributed by atoms with Crippen LogP contribution in [0, 0.1) is 17.5 Å². The Labute approximate surface area is 113 Å². The van der Waals surface area contributed by atoms with Crippen LogP contribution in [0.5, 0.6) is 0 Å². The molecule has 0 aromatic heterocycles. The molecule has 0 heterocycles. The second kappa shape index (κ2) is 6.12. The lowest BCUT2D eigenvalue weighted by molar-refractivity contribution is 0.577. The van der Waals surface area contributed by atoms with Crippen molar-refractivity contribution < 1.29 is 13.2 Å². The van der Waals surface area contributed by atoms with Gasteiger partial charge in [-0.25, -0.2) is 13.2 Å². The molecular weight excluding hydrogens is 271 g/mol. The Hall–Kier alpha value is -1.46. The molecule has 2 N–H and O–H groups in total. The molecule has 0 fully saturated rings. The quantitative estimate of drug-likeness (QED) is 0.862. The fraction of sp³-hybridized carbons (Fsp3) is 0.143. The molecule has 0 aliphatic heterocycles. The van der Waals surface area contributed by atoms with E-state index in [-0.39, 0.29) is 16.5 Å². The fourth-order valence-corrected chi connectivity index (χ4v) is 2.54. The van der Waals surface area contributed by atoms with Crippen molar-refractivity contribution in [1.82, 2.24) is 0 Å². The van der Waals surface area contributed by atoms with E-state index in [0.29, 0.717) is 12.1 Å².